The Morgan fingerprint density at radius 2 is 1.55 bits per heavy atom. The van der Waals surface area contributed by atoms with Crippen LogP contribution in [-0.4, -0.2) is 11.2 Å². The second kappa shape index (κ2) is 3.14. The SMILES string of the molecule is O[C@@H]1CCC2CCCC[C@H]2C1. The van der Waals surface area contributed by atoms with Crippen LogP contribution in [0.25, 0.3) is 0 Å². The maximum absolute atomic E-state index is 9.45. The van der Waals surface area contributed by atoms with E-state index in [2.05, 4.69) is 0 Å². The fraction of sp³-hybridized carbons (Fsp3) is 1.00. The molecular weight excluding hydrogens is 136 g/mol. The molecule has 0 bridgehead atoms. The van der Waals surface area contributed by atoms with Gasteiger partial charge in [-0.1, -0.05) is 25.7 Å². The average Bonchev–Trinajstić information content (AvgIpc) is 2.04. The van der Waals surface area contributed by atoms with Gasteiger partial charge in [-0.3, -0.25) is 0 Å². The maximum atomic E-state index is 9.45. The van der Waals surface area contributed by atoms with E-state index in [1.165, 1.54) is 32.1 Å². The van der Waals surface area contributed by atoms with Crippen LogP contribution >= 0.6 is 0 Å². The van der Waals surface area contributed by atoms with Crippen LogP contribution in [0.15, 0.2) is 0 Å². The van der Waals surface area contributed by atoms with Crippen molar-refractivity contribution in [3.63, 3.8) is 0 Å². The first-order valence-electron chi connectivity index (χ1n) is 5.04. The first-order valence-corrected chi connectivity index (χ1v) is 5.04. The molecule has 0 amide bonds. The molecule has 1 heteroatoms. The molecule has 2 aliphatic carbocycles. The van der Waals surface area contributed by atoms with Gasteiger partial charge in [-0.25, -0.2) is 0 Å². The van der Waals surface area contributed by atoms with Gasteiger partial charge in [0, 0.05) is 0 Å². The zero-order valence-corrected chi connectivity index (χ0v) is 7.13. The van der Waals surface area contributed by atoms with E-state index in [9.17, 15) is 5.11 Å². The van der Waals surface area contributed by atoms with Gasteiger partial charge in [0.05, 0.1) is 6.10 Å². The van der Waals surface area contributed by atoms with Crippen LogP contribution in [0.1, 0.15) is 44.9 Å². The molecule has 2 fully saturated rings. The molecule has 3 atom stereocenters. The number of fused-ring (bicyclic) bond motifs is 1. The lowest BCUT2D eigenvalue weighted by atomic mass is 9.70. The summed E-state index contributed by atoms with van der Waals surface area (Å²) >= 11 is 0. The summed E-state index contributed by atoms with van der Waals surface area (Å²) in [5.41, 5.74) is 0. The Kier molecular flexibility index (Phi) is 2.17. The first-order chi connectivity index (χ1) is 5.36. The van der Waals surface area contributed by atoms with Gasteiger partial charge >= 0.3 is 0 Å². The van der Waals surface area contributed by atoms with Crippen molar-refractivity contribution < 1.29 is 5.11 Å². The Balaban J connectivity index is 1.93. The molecule has 1 N–H and O–H groups in total. The minimum Gasteiger partial charge on any atom is -0.393 e. The molecule has 0 spiro atoms. The van der Waals surface area contributed by atoms with E-state index in [-0.39, 0.29) is 6.10 Å². The molecule has 2 aliphatic rings. The lowest BCUT2D eigenvalue weighted by molar-refractivity contribution is 0.0491. The summed E-state index contributed by atoms with van der Waals surface area (Å²) in [4.78, 5) is 0. The molecule has 0 heterocycles. The topological polar surface area (TPSA) is 20.2 Å². The Morgan fingerprint density at radius 1 is 0.818 bits per heavy atom. The lowest BCUT2D eigenvalue weighted by Crippen LogP contribution is -2.29. The van der Waals surface area contributed by atoms with Crippen molar-refractivity contribution in [3.05, 3.63) is 0 Å². The van der Waals surface area contributed by atoms with Crippen LogP contribution < -0.4 is 0 Å². The van der Waals surface area contributed by atoms with Gasteiger partial charge < -0.3 is 5.11 Å². The molecule has 0 radical (unpaired) electrons. The molecule has 0 aliphatic heterocycles. The van der Waals surface area contributed by atoms with Crippen molar-refractivity contribution in [1.29, 1.82) is 0 Å². The Bertz CT molecular complexity index is 133. The van der Waals surface area contributed by atoms with Crippen LogP contribution in [-0.2, 0) is 0 Å². The monoisotopic (exact) mass is 154 g/mol. The maximum Gasteiger partial charge on any atom is 0.0543 e. The van der Waals surface area contributed by atoms with E-state index >= 15 is 0 Å². The van der Waals surface area contributed by atoms with E-state index in [0.29, 0.717) is 0 Å². The largest absolute Gasteiger partial charge is 0.393 e. The molecule has 2 rings (SSSR count). The minimum atomic E-state index is 0.0364. The fourth-order valence-corrected chi connectivity index (χ4v) is 2.85. The predicted octanol–water partition coefficient (Wildman–Crippen LogP) is 2.34. The summed E-state index contributed by atoms with van der Waals surface area (Å²) in [5.74, 6) is 1.86. The molecule has 2 saturated carbocycles. The molecule has 0 saturated heterocycles. The highest BCUT2D eigenvalue weighted by molar-refractivity contribution is 4.82. The zero-order valence-electron chi connectivity index (χ0n) is 7.13. The van der Waals surface area contributed by atoms with Crippen molar-refractivity contribution in [2.75, 3.05) is 0 Å². The number of aliphatic hydroxyl groups is 1. The summed E-state index contributed by atoms with van der Waals surface area (Å²) in [5, 5.41) is 9.45. The van der Waals surface area contributed by atoms with Crippen LogP contribution in [0.3, 0.4) is 0 Å². The normalized spacial score (nSPS) is 45.0. The molecule has 1 nitrogen and oxygen atoms in total. The van der Waals surface area contributed by atoms with Gasteiger partial charge in [0.1, 0.15) is 0 Å². The average molecular weight is 154 g/mol. The van der Waals surface area contributed by atoms with Crippen molar-refractivity contribution in [2.24, 2.45) is 11.8 Å². The van der Waals surface area contributed by atoms with E-state index in [4.69, 9.17) is 0 Å². The second-order valence-electron chi connectivity index (χ2n) is 4.27. The quantitative estimate of drug-likeness (QED) is 0.568. The Morgan fingerprint density at radius 3 is 2.36 bits per heavy atom. The number of aliphatic hydroxyl groups excluding tert-OH is 1. The van der Waals surface area contributed by atoms with Gasteiger partial charge in [-0.05, 0) is 31.1 Å². The third-order valence-corrected chi connectivity index (χ3v) is 3.51. The molecular formula is C10H18O. The second-order valence-corrected chi connectivity index (χ2v) is 4.27. The summed E-state index contributed by atoms with van der Waals surface area (Å²) in [7, 11) is 0. The summed E-state index contributed by atoms with van der Waals surface area (Å²) in [6, 6.07) is 0. The molecule has 1 unspecified atom stereocenters. The number of hydrogen-bond donors (Lipinski definition) is 1. The van der Waals surface area contributed by atoms with Gasteiger partial charge in [-0.2, -0.15) is 0 Å². The highest BCUT2D eigenvalue weighted by atomic mass is 16.3. The molecule has 0 aromatic heterocycles. The van der Waals surface area contributed by atoms with Crippen LogP contribution in [0.5, 0.6) is 0 Å². The molecule has 64 valence electrons. The molecule has 11 heavy (non-hydrogen) atoms. The smallest absolute Gasteiger partial charge is 0.0543 e. The van der Waals surface area contributed by atoms with Gasteiger partial charge in [-0.15, -0.1) is 0 Å². The fourth-order valence-electron chi connectivity index (χ4n) is 2.85. The van der Waals surface area contributed by atoms with Crippen molar-refractivity contribution in [1.82, 2.24) is 0 Å². The summed E-state index contributed by atoms with van der Waals surface area (Å²) in [6.07, 6.45) is 9.19. The van der Waals surface area contributed by atoms with E-state index < -0.39 is 0 Å². The van der Waals surface area contributed by atoms with Gasteiger partial charge in [0.25, 0.3) is 0 Å². The Hall–Kier alpha value is -0.0400. The van der Waals surface area contributed by atoms with E-state index in [1.807, 2.05) is 0 Å². The van der Waals surface area contributed by atoms with Crippen LogP contribution in [0.2, 0.25) is 0 Å². The van der Waals surface area contributed by atoms with Gasteiger partial charge in [0.15, 0.2) is 0 Å². The lowest BCUT2D eigenvalue weighted by Gasteiger charge is -2.37. The predicted molar refractivity (Wildman–Crippen MR) is 45.3 cm³/mol. The highest BCUT2D eigenvalue weighted by Gasteiger charge is 2.30. The highest BCUT2D eigenvalue weighted by Crippen LogP contribution is 2.40. The van der Waals surface area contributed by atoms with Crippen molar-refractivity contribution >= 4 is 0 Å². The molecule has 0 aromatic rings. The Labute approximate surface area is 68.8 Å². The number of hydrogen-bond acceptors (Lipinski definition) is 1. The standard InChI is InChI=1S/C10H18O/c11-10-6-5-8-3-1-2-4-9(8)7-10/h8-11H,1-7H2/t8?,9-,10+/m0/s1. The summed E-state index contributed by atoms with van der Waals surface area (Å²) in [6.45, 7) is 0. The summed E-state index contributed by atoms with van der Waals surface area (Å²) < 4.78 is 0. The molecule has 0 aromatic carbocycles. The van der Waals surface area contributed by atoms with E-state index in [1.54, 1.807) is 0 Å². The van der Waals surface area contributed by atoms with E-state index in [0.717, 1.165) is 24.7 Å². The minimum absolute atomic E-state index is 0.0364. The van der Waals surface area contributed by atoms with Crippen molar-refractivity contribution in [2.45, 2.75) is 51.0 Å². The van der Waals surface area contributed by atoms with Crippen LogP contribution in [0, 0.1) is 11.8 Å². The van der Waals surface area contributed by atoms with Gasteiger partial charge in [0.2, 0.25) is 0 Å². The first kappa shape index (κ1) is 7.60. The van der Waals surface area contributed by atoms with Crippen molar-refractivity contribution in [3.8, 4) is 0 Å². The van der Waals surface area contributed by atoms with Crippen LogP contribution in [0.4, 0.5) is 0 Å². The zero-order chi connectivity index (χ0) is 7.68. The third-order valence-electron chi connectivity index (χ3n) is 3.51. The number of rotatable bonds is 0. The third kappa shape index (κ3) is 1.58.